The average Bonchev–Trinajstić information content (AvgIpc) is 2.71. The molecule has 0 radical (unpaired) electrons. The minimum Gasteiger partial charge on any atom is -0.350 e. The van der Waals surface area contributed by atoms with Crippen LogP contribution in [0.25, 0.3) is 0 Å². The van der Waals surface area contributed by atoms with E-state index in [1.807, 2.05) is 19.4 Å². The summed E-state index contributed by atoms with van der Waals surface area (Å²) in [6, 6.07) is 1.21. The van der Waals surface area contributed by atoms with Crippen molar-refractivity contribution in [1.82, 2.24) is 15.3 Å². The number of aromatic nitrogens is 2. The fourth-order valence-corrected chi connectivity index (χ4v) is 2.67. The second-order valence-electron chi connectivity index (χ2n) is 4.79. The maximum atomic E-state index is 4.69. The van der Waals surface area contributed by atoms with Crippen molar-refractivity contribution in [3.8, 4) is 0 Å². The number of hydrogen-bond acceptors (Lipinski definition) is 4. The van der Waals surface area contributed by atoms with Crippen LogP contribution < -0.4 is 10.2 Å². The number of nitrogens with one attached hydrogen (secondary N) is 1. The summed E-state index contributed by atoms with van der Waals surface area (Å²) in [6.45, 7) is 5.31. The maximum absolute atomic E-state index is 4.69. The van der Waals surface area contributed by atoms with E-state index in [4.69, 9.17) is 4.98 Å². The summed E-state index contributed by atoms with van der Waals surface area (Å²) < 4.78 is 0. The van der Waals surface area contributed by atoms with E-state index in [9.17, 15) is 0 Å². The van der Waals surface area contributed by atoms with E-state index in [1.54, 1.807) is 0 Å². The van der Waals surface area contributed by atoms with Crippen LogP contribution in [0, 0.1) is 0 Å². The Morgan fingerprint density at radius 1 is 1.41 bits per heavy atom. The van der Waals surface area contributed by atoms with Gasteiger partial charge >= 0.3 is 0 Å². The molecule has 2 rings (SSSR count). The molecule has 4 heteroatoms. The highest BCUT2D eigenvalue weighted by Crippen LogP contribution is 2.30. The first kappa shape index (κ1) is 12.3. The van der Waals surface area contributed by atoms with Crippen molar-refractivity contribution in [1.29, 1.82) is 0 Å². The molecule has 0 amide bonds. The summed E-state index contributed by atoms with van der Waals surface area (Å²) in [5.41, 5.74) is 1.01. The molecule has 0 saturated carbocycles. The molecule has 2 atom stereocenters. The summed E-state index contributed by atoms with van der Waals surface area (Å²) >= 11 is 0. The van der Waals surface area contributed by atoms with E-state index >= 15 is 0 Å². The van der Waals surface area contributed by atoms with E-state index in [0.29, 0.717) is 12.1 Å². The normalized spacial score (nSPS) is 24.3. The number of anilines is 1. The van der Waals surface area contributed by atoms with Gasteiger partial charge in [0.2, 0.25) is 0 Å². The zero-order valence-corrected chi connectivity index (χ0v) is 11.0. The van der Waals surface area contributed by atoms with Crippen molar-refractivity contribution in [3.05, 3.63) is 18.1 Å². The zero-order chi connectivity index (χ0) is 12.3. The molecule has 2 heterocycles. The quantitative estimate of drug-likeness (QED) is 0.864. The van der Waals surface area contributed by atoms with Gasteiger partial charge in [-0.15, -0.1) is 0 Å². The first-order valence-electron chi connectivity index (χ1n) is 6.50. The Morgan fingerprint density at radius 2 is 2.24 bits per heavy atom. The van der Waals surface area contributed by atoms with Crippen molar-refractivity contribution in [2.24, 2.45) is 0 Å². The lowest BCUT2D eigenvalue weighted by atomic mass is 10.1. The molecule has 2 unspecified atom stereocenters. The third kappa shape index (κ3) is 2.57. The molecular weight excluding hydrogens is 212 g/mol. The summed E-state index contributed by atoms with van der Waals surface area (Å²) in [7, 11) is 1.93. The lowest BCUT2D eigenvalue weighted by Crippen LogP contribution is -2.35. The topological polar surface area (TPSA) is 41.1 Å². The van der Waals surface area contributed by atoms with Gasteiger partial charge in [-0.05, 0) is 33.2 Å². The molecular formula is C13H22N4. The number of nitrogens with zero attached hydrogens (tertiary/aromatic N) is 3. The first-order valence-corrected chi connectivity index (χ1v) is 6.50. The largest absolute Gasteiger partial charge is 0.350 e. The molecule has 1 saturated heterocycles. The molecule has 1 aliphatic rings. The monoisotopic (exact) mass is 234 g/mol. The Labute approximate surface area is 103 Å². The Hall–Kier alpha value is -1.16. The summed E-state index contributed by atoms with van der Waals surface area (Å²) in [4.78, 5) is 11.4. The highest BCUT2D eigenvalue weighted by atomic mass is 15.3. The van der Waals surface area contributed by atoms with Crippen LogP contribution in [-0.2, 0) is 6.54 Å². The molecule has 1 aromatic heterocycles. The molecule has 1 aliphatic heterocycles. The summed E-state index contributed by atoms with van der Waals surface area (Å²) in [6.07, 6.45) is 7.44. The zero-order valence-electron chi connectivity index (χ0n) is 11.0. The predicted octanol–water partition coefficient (Wildman–Crippen LogP) is 1.96. The van der Waals surface area contributed by atoms with Gasteiger partial charge < -0.3 is 10.2 Å². The smallest absolute Gasteiger partial charge is 0.147 e. The molecule has 1 aromatic rings. The molecule has 1 N–H and O–H groups in total. The minimum absolute atomic E-state index is 0.582. The second kappa shape index (κ2) is 5.45. The fraction of sp³-hybridized carbons (Fsp3) is 0.692. The van der Waals surface area contributed by atoms with Crippen molar-refractivity contribution in [2.45, 2.75) is 51.7 Å². The van der Waals surface area contributed by atoms with E-state index < -0.39 is 0 Å². The molecule has 94 valence electrons. The van der Waals surface area contributed by atoms with Crippen molar-refractivity contribution >= 4 is 5.82 Å². The van der Waals surface area contributed by atoms with Crippen LogP contribution in [0.3, 0.4) is 0 Å². The van der Waals surface area contributed by atoms with Crippen molar-refractivity contribution < 1.29 is 0 Å². The summed E-state index contributed by atoms with van der Waals surface area (Å²) in [5.74, 6) is 1.04. The van der Waals surface area contributed by atoms with Crippen molar-refractivity contribution in [3.63, 3.8) is 0 Å². The third-order valence-electron chi connectivity index (χ3n) is 3.55. The summed E-state index contributed by atoms with van der Waals surface area (Å²) in [5, 5.41) is 3.12. The van der Waals surface area contributed by atoms with Gasteiger partial charge in [0.05, 0.1) is 11.9 Å². The van der Waals surface area contributed by atoms with Gasteiger partial charge in [-0.2, -0.15) is 0 Å². The number of rotatable bonds is 4. The molecule has 1 fully saturated rings. The van der Waals surface area contributed by atoms with E-state index in [-0.39, 0.29) is 0 Å². The van der Waals surface area contributed by atoms with E-state index in [2.05, 4.69) is 29.0 Å². The van der Waals surface area contributed by atoms with E-state index in [0.717, 1.165) is 18.1 Å². The molecule has 17 heavy (non-hydrogen) atoms. The Balaban J connectivity index is 2.22. The highest BCUT2D eigenvalue weighted by Gasteiger charge is 2.30. The van der Waals surface area contributed by atoms with Crippen molar-refractivity contribution in [2.75, 3.05) is 11.9 Å². The van der Waals surface area contributed by atoms with Gasteiger partial charge in [0.1, 0.15) is 5.82 Å². The Morgan fingerprint density at radius 3 is 2.94 bits per heavy atom. The Bertz CT molecular complexity index is 366. The molecule has 0 spiro atoms. The minimum atomic E-state index is 0.582. The molecule has 0 bridgehead atoms. The molecule has 0 aliphatic carbocycles. The maximum Gasteiger partial charge on any atom is 0.147 e. The van der Waals surface area contributed by atoms with Crippen LogP contribution in [0.5, 0.6) is 0 Å². The lowest BCUT2D eigenvalue weighted by Gasteiger charge is -2.29. The van der Waals surface area contributed by atoms with Gasteiger partial charge in [0.25, 0.3) is 0 Å². The van der Waals surface area contributed by atoms with Crippen LogP contribution >= 0.6 is 0 Å². The van der Waals surface area contributed by atoms with Crippen LogP contribution in [0.15, 0.2) is 12.4 Å². The first-order chi connectivity index (χ1) is 8.26. The van der Waals surface area contributed by atoms with Crippen LogP contribution in [0.1, 0.15) is 38.8 Å². The van der Waals surface area contributed by atoms with Gasteiger partial charge in [-0.25, -0.2) is 4.98 Å². The molecule has 4 nitrogen and oxygen atoms in total. The van der Waals surface area contributed by atoms with Crippen LogP contribution in [0.4, 0.5) is 5.82 Å². The molecule has 0 aromatic carbocycles. The Kier molecular flexibility index (Phi) is 3.94. The lowest BCUT2D eigenvalue weighted by molar-refractivity contribution is 0.617. The standard InChI is InChI=1S/C13H22N4/c1-4-12-6-5-10(2)17(12)13-9-15-8-11(16-13)7-14-3/h8-10,12,14H,4-7H2,1-3H3. The second-order valence-corrected chi connectivity index (χ2v) is 4.79. The van der Waals surface area contributed by atoms with Gasteiger partial charge in [0, 0.05) is 24.8 Å². The fourth-order valence-electron chi connectivity index (χ4n) is 2.67. The predicted molar refractivity (Wildman–Crippen MR) is 70.0 cm³/mol. The average molecular weight is 234 g/mol. The SMILES string of the molecule is CCC1CCC(C)N1c1cncc(CNC)n1. The highest BCUT2D eigenvalue weighted by molar-refractivity contribution is 5.41. The van der Waals surface area contributed by atoms with Gasteiger partial charge in [-0.3, -0.25) is 4.98 Å². The van der Waals surface area contributed by atoms with Crippen LogP contribution in [-0.4, -0.2) is 29.1 Å². The third-order valence-corrected chi connectivity index (χ3v) is 3.55. The van der Waals surface area contributed by atoms with Gasteiger partial charge in [-0.1, -0.05) is 6.92 Å². The number of hydrogen-bond donors (Lipinski definition) is 1. The van der Waals surface area contributed by atoms with Gasteiger partial charge in [0.15, 0.2) is 0 Å². The van der Waals surface area contributed by atoms with E-state index in [1.165, 1.54) is 19.3 Å². The van der Waals surface area contributed by atoms with Crippen LogP contribution in [0.2, 0.25) is 0 Å².